The van der Waals surface area contributed by atoms with Crippen LogP contribution in [0.1, 0.15) is 22.3 Å². The molecule has 11 nitrogen and oxygen atoms in total. The summed E-state index contributed by atoms with van der Waals surface area (Å²) in [6.07, 6.45) is 4.86. The maximum atomic E-state index is 7.09. The lowest BCUT2D eigenvalue weighted by atomic mass is 10.0. The SMILES string of the molecule is Nc1ncnc2c1ncn2C1=CC(COCc2ccccc2)(COCc2ccccc2)OC(COCc2ccccc2)(COCc2ccccc2)O1. The second-order valence-corrected chi connectivity index (χ2v) is 12.6. The van der Waals surface area contributed by atoms with E-state index in [0.717, 1.165) is 22.3 Å². The first-order chi connectivity index (χ1) is 25.6. The van der Waals surface area contributed by atoms with Gasteiger partial charge in [-0.25, -0.2) is 15.0 Å². The molecule has 0 saturated heterocycles. The summed E-state index contributed by atoms with van der Waals surface area (Å²) in [7, 11) is 0. The van der Waals surface area contributed by atoms with Crippen LogP contribution in [0.5, 0.6) is 0 Å². The summed E-state index contributed by atoms with van der Waals surface area (Å²) in [6, 6.07) is 39.8. The van der Waals surface area contributed by atoms with Gasteiger partial charge in [-0.1, -0.05) is 121 Å². The van der Waals surface area contributed by atoms with Crippen molar-refractivity contribution in [2.75, 3.05) is 32.2 Å². The zero-order valence-electron chi connectivity index (χ0n) is 28.8. The lowest BCUT2D eigenvalue weighted by molar-refractivity contribution is -0.318. The van der Waals surface area contributed by atoms with Gasteiger partial charge >= 0.3 is 0 Å². The number of nitrogens with zero attached hydrogens (tertiary/aromatic N) is 4. The van der Waals surface area contributed by atoms with E-state index in [1.807, 2.05) is 127 Å². The number of benzene rings is 4. The largest absolute Gasteiger partial charge is 0.442 e. The zero-order chi connectivity index (χ0) is 35.5. The van der Waals surface area contributed by atoms with Crippen molar-refractivity contribution in [2.45, 2.75) is 37.8 Å². The number of hydrogen-bond donors (Lipinski definition) is 1. The number of ether oxygens (including phenoxy) is 6. The maximum absolute atomic E-state index is 7.09. The number of nitrogens with two attached hydrogens (primary N) is 1. The van der Waals surface area contributed by atoms with Gasteiger partial charge in [-0.05, 0) is 22.3 Å². The van der Waals surface area contributed by atoms with Crippen molar-refractivity contribution in [3.8, 4) is 0 Å². The summed E-state index contributed by atoms with van der Waals surface area (Å²) in [5.74, 6) is -0.830. The Bertz CT molecular complexity index is 1940. The number of rotatable bonds is 17. The average molecular weight is 700 g/mol. The molecular weight excluding hydrogens is 658 g/mol. The third kappa shape index (κ3) is 8.89. The number of fused-ring (bicyclic) bond motifs is 1. The van der Waals surface area contributed by atoms with Crippen molar-refractivity contribution in [3.63, 3.8) is 0 Å². The van der Waals surface area contributed by atoms with Crippen molar-refractivity contribution in [1.82, 2.24) is 19.5 Å². The Morgan fingerprint density at radius 2 is 1.00 bits per heavy atom. The van der Waals surface area contributed by atoms with Crippen LogP contribution in [-0.4, -0.2) is 57.3 Å². The van der Waals surface area contributed by atoms with Crippen molar-refractivity contribution < 1.29 is 28.4 Å². The number of imidazole rings is 1. The molecule has 1 aliphatic rings. The standard InChI is InChI=1S/C41H41N5O6/c42-38-37-39(44-30-43-38)46(31-45-37)36-21-40(26-47-22-32-13-5-1-6-14-32,27-48-23-33-15-7-2-8-16-33)52-41(51-36,28-49-24-34-17-9-3-10-18-34)29-50-25-35-19-11-4-12-20-35/h1-21,30-31H,22-29H2,(H2,42,43,44). The molecule has 0 aliphatic carbocycles. The van der Waals surface area contributed by atoms with Gasteiger partial charge in [0, 0.05) is 6.08 Å². The van der Waals surface area contributed by atoms with E-state index >= 15 is 0 Å². The minimum atomic E-state index is -1.46. The highest BCUT2D eigenvalue weighted by Crippen LogP contribution is 2.38. The molecular formula is C41H41N5O6. The summed E-state index contributed by atoms with van der Waals surface area (Å²) in [5, 5.41) is 0. The van der Waals surface area contributed by atoms with E-state index in [2.05, 4.69) is 15.0 Å². The van der Waals surface area contributed by atoms with E-state index in [4.69, 9.17) is 34.2 Å². The molecule has 11 heteroatoms. The number of hydrogen-bond acceptors (Lipinski definition) is 10. The third-order valence-electron chi connectivity index (χ3n) is 8.45. The van der Waals surface area contributed by atoms with Gasteiger partial charge in [-0.3, -0.25) is 4.57 Å². The quantitative estimate of drug-likeness (QED) is 0.112. The lowest BCUT2D eigenvalue weighted by Gasteiger charge is -2.46. The Kier molecular flexibility index (Phi) is 11.3. The molecule has 3 heterocycles. The highest BCUT2D eigenvalue weighted by Gasteiger charge is 2.49. The molecule has 0 saturated carbocycles. The molecule has 2 N–H and O–H groups in total. The fourth-order valence-corrected chi connectivity index (χ4v) is 5.97. The van der Waals surface area contributed by atoms with E-state index in [1.165, 1.54) is 6.33 Å². The van der Waals surface area contributed by atoms with Crippen LogP contribution in [0, 0.1) is 0 Å². The van der Waals surface area contributed by atoms with Crippen molar-refractivity contribution in [2.24, 2.45) is 0 Å². The fraction of sp³-hybridized carbons (Fsp3) is 0.244. The van der Waals surface area contributed by atoms with Gasteiger partial charge in [0.25, 0.3) is 5.79 Å². The highest BCUT2D eigenvalue weighted by atomic mass is 16.8. The fourth-order valence-electron chi connectivity index (χ4n) is 5.97. The molecule has 7 rings (SSSR count). The van der Waals surface area contributed by atoms with Crippen molar-refractivity contribution in [3.05, 3.63) is 162 Å². The number of nitrogen functional groups attached to an aromatic ring is 1. The second-order valence-electron chi connectivity index (χ2n) is 12.6. The number of anilines is 1. The molecule has 4 aromatic carbocycles. The van der Waals surface area contributed by atoms with Crippen molar-refractivity contribution >= 4 is 22.9 Å². The molecule has 0 amide bonds. The molecule has 52 heavy (non-hydrogen) atoms. The summed E-state index contributed by atoms with van der Waals surface area (Å²) in [5.41, 5.74) is 9.98. The molecule has 2 aromatic heterocycles. The average Bonchev–Trinajstić information content (AvgIpc) is 3.62. The second kappa shape index (κ2) is 16.7. The third-order valence-corrected chi connectivity index (χ3v) is 8.45. The Morgan fingerprint density at radius 1 is 0.558 bits per heavy atom. The smallest absolute Gasteiger partial charge is 0.260 e. The zero-order valence-corrected chi connectivity index (χ0v) is 28.8. The Balaban J connectivity index is 1.26. The molecule has 0 spiro atoms. The predicted molar refractivity (Wildman–Crippen MR) is 196 cm³/mol. The van der Waals surface area contributed by atoms with Crippen molar-refractivity contribution in [1.29, 1.82) is 0 Å². The van der Waals surface area contributed by atoms with Crippen LogP contribution in [0.2, 0.25) is 0 Å². The van der Waals surface area contributed by atoms with Crippen LogP contribution >= 0.6 is 0 Å². The molecule has 266 valence electrons. The molecule has 0 fully saturated rings. The molecule has 0 bridgehead atoms. The maximum Gasteiger partial charge on any atom is 0.260 e. The summed E-state index contributed by atoms with van der Waals surface area (Å²) >= 11 is 0. The molecule has 0 atom stereocenters. The first-order valence-electron chi connectivity index (χ1n) is 17.1. The predicted octanol–water partition coefficient (Wildman–Crippen LogP) is 6.56. The van der Waals surface area contributed by atoms with Gasteiger partial charge < -0.3 is 34.2 Å². The highest BCUT2D eigenvalue weighted by molar-refractivity contribution is 5.83. The van der Waals surface area contributed by atoms with Gasteiger partial charge in [-0.15, -0.1) is 0 Å². The first-order valence-corrected chi connectivity index (χ1v) is 17.1. The Labute approximate surface area is 302 Å². The lowest BCUT2D eigenvalue weighted by Crippen LogP contribution is -2.58. The first kappa shape index (κ1) is 35.0. The van der Waals surface area contributed by atoms with E-state index in [9.17, 15) is 0 Å². The topological polar surface area (TPSA) is 125 Å². The number of aromatic nitrogens is 4. The molecule has 1 aliphatic heterocycles. The van der Waals surface area contributed by atoms with Gasteiger partial charge in [0.2, 0.25) is 5.88 Å². The van der Waals surface area contributed by atoms with E-state index in [0.29, 0.717) is 43.5 Å². The van der Waals surface area contributed by atoms with Gasteiger partial charge in [-0.2, -0.15) is 0 Å². The van der Waals surface area contributed by atoms with Gasteiger partial charge in [0.1, 0.15) is 31.5 Å². The van der Waals surface area contributed by atoms with Crippen LogP contribution in [0.3, 0.4) is 0 Å². The van der Waals surface area contributed by atoms with Gasteiger partial charge in [0.15, 0.2) is 17.0 Å². The van der Waals surface area contributed by atoms with Crippen LogP contribution in [0.25, 0.3) is 17.0 Å². The summed E-state index contributed by atoms with van der Waals surface area (Å²) in [4.78, 5) is 13.2. The Hall–Kier alpha value is -5.43. The molecule has 0 unspecified atom stereocenters. The minimum absolute atomic E-state index is 0.0108. The van der Waals surface area contributed by atoms with Gasteiger partial charge in [0.05, 0.1) is 39.6 Å². The van der Waals surface area contributed by atoms with E-state index in [1.54, 1.807) is 10.9 Å². The van der Waals surface area contributed by atoms with E-state index < -0.39 is 11.4 Å². The Morgan fingerprint density at radius 3 is 1.46 bits per heavy atom. The summed E-state index contributed by atoms with van der Waals surface area (Å²) < 4.78 is 41.2. The molecule has 6 aromatic rings. The van der Waals surface area contributed by atoms with E-state index in [-0.39, 0.29) is 32.2 Å². The molecule has 0 radical (unpaired) electrons. The monoisotopic (exact) mass is 699 g/mol. The van der Waals surface area contributed by atoms with Crippen LogP contribution < -0.4 is 5.73 Å². The van der Waals surface area contributed by atoms with Crippen LogP contribution in [0.15, 0.2) is 140 Å². The minimum Gasteiger partial charge on any atom is -0.442 e. The summed E-state index contributed by atoms with van der Waals surface area (Å²) in [6.45, 7) is 1.62. The van der Waals surface area contributed by atoms with Crippen LogP contribution in [0.4, 0.5) is 5.82 Å². The normalized spacial score (nSPS) is 14.9. The van der Waals surface area contributed by atoms with Crippen LogP contribution in [-0.2, 0) is 54.8 Å².